The summed E-state index contributed by atoms with van der Waals surface area (Å²) in [6, 6.07) is -0.663. The van der Waals surface area contributed by atoms with Gasteiger partial charge in [-0.3, -0.25) is 4.79 Å². The number of aliphatic hydroxyl groups is 2. The molecule has 0 aromatic heterocycles. The third-order valence-corrected chi connectivity index (χ3v) is 9.23. The van der Waals surface area contributed by atoms with Gasteiger partial charge in [-0.25, -0.2) is 0 Å². The largest absolute Gasteiger partial charge is 0.394 e. The number of nitrogens with one attached hydrogen (secondary N) is 1. The molecule has 0 saturated heterocycles. The van der Waals surface area contributed by atoms with Gasteiger partial charge in [-0.15, -0.1) is 0 Å². The molecule has 0 aromatic carbocycles. The smallest absolute Gasteiger partial charge is 0.220 e. The Hall–Kier alpha value is -3.99. The van der Waals surface area contributed by atoms with E-state index in [9.17, 15) is 15.0 Å². The molecule has 328 valence electrons. The summed E-state index contributed by atoms with van der Waals surface area (Å²) in [6.07, 6.45) is 79.4. The first-order chi connectivity index (χ1) is 29.2. The first kappa shape index (κ1) is 55.0. The average molecular weight is 808 g/mol. The van der Waals surface area contributed by atoms with E-state index in [1.807, 2.05) is 6.08 Å². The molecule has 3 N–H and O–H groups in total. The number of aliphatic hydroxyl groups excluding tert-OH is 2. The Morgan fingerprint density at radius 1 is 0.407 bits per heavy atom. The van der Waals surface area contributed by atoms with E-state index in [4.69, 9.17) is 0 Å². The van der Waals surface area contributed by atoms with Crippen molar-refractivity contribution < 1.29 is 15.0 Å². The minimum absolute atomic E-state index is 0.104. The van der Waals surface area contributed by atoms with E-state index in [1.165, 1.54) is 19.3 Å². The van der Waals surface area contributed by atoms with Gasteiger partial charge < -0.3 is 15.5 Å². The number of hydrogen-bond donors (Lipinski definition) is 3. The lowest BCUT2D eigenvalue weighted by atomic mass is 10.1. The summed E-state index contributed by atoms with van der Waals surface area (Å²) in [5, 5.41) is 22.8. The third kappa shape index (κ3) is 45.0. The SMILES string of the molecule is CC/C=C\C/C=C\C/C=C\C/C=C\C/C=C\C/C=C\C/C=C\C/C=C\C/C=C\C/C=C\CCCCCCCCC(=O)NC(CO)C(O)/C=C/CC/C=C/CC/C=C/CC. The highest BCUT2D eigenvalue weighted by Crippen LogP contribution is 2.10. The molecule has 0 saturated carbocycles. The van der Waals surface area contributed by atoms with Gasteiger partial charge >= 0.3 is 0 Å². The highest BCUT2D eigenvalue weighted by Gasteiger charge is 2.17. The van der Waals surface area contributed by atoms with Crippen LogP contribution in [0.25, 0.3) is 0 Å². The van der Waals surface area contributed by atoms with Crippen LogP contribution in [0.15, 0.2) is 158 Å². The molecular weight excluding hydrogens is 723 g/mol. The first-order valence-corrected chi connectivity index (χ1v) is 23.2. The van der Waals surface area contributed by atoms with Crippen LogP contribution in [-0.4, -0.2) is 34.9 Å². The Labute approximate surface area is 363 Å². The summed E-state index contributed by atoms with van der Waals surface area (Å²) in [5.41, 5.74) is 0. The number of rotatable bonds is 39. The molecular formula is C55H85NO3. The molecule has 0 aromatic rings. The summed E-state index contributed by atoms with van der Waals surface area (Å²) >= 11 is 0. The monoisotopic (exact) mass is 808 g/mol. The molecule has 2 unspecified atom stereocenters. The molecule has 0 heterocycles. The van der Waals surface area contributed by atoms with Crippen LogP contribution in [0.1, 0.15) is 162 Å². The first-order valence-electron chi connectivity index (χ1n) is 23.2. The van der Waals surface area contributed by atoms with Crippen molar-refractivity contribution in [1.29, 1.82) is 0 Å². The van der Waals surface area contributed by atoms with Gasteiger partial charge in [0.25, 0.3) is 0 Å². The molecule has 4 heteroatoms. The van der Waals surface area contributed by atoms with Gasteiger partial charge in [0.05, 0.1) is 18.8 Å². The average Bonchev–Trinajstić information content (AvgIpc) is 3.24. The van der Waals surface area contributed by atoms with E-state index >= 15 is 0 Å². The van der Waals surface area contributed by atoms with Gasteiger partial charge in [0.2, 0.25) is 5.91 Å². The van der Waals surface area contributed by atoms with Gasteiger partial charge in [0, 0.05) is 6.42 Å². The minimum atomic E-state index is -0.886. The maximum absolute atomic E-state index is 12.3. The van der Waals surface area contributed by atoms with Crippen molar-refractivity contribution in [2.45, 2.75) is 174 Å². The van der Waals surface area contributed by atoms with Gasteiger partial charge in [0.1, 0.15) is 0 Å². The van der Waals surface area contributed by atoms with Crippen molar-refractivity contribution in [3.8, 4) is 0 Å². The number of carbonyl (C=O) groups is 1. The van der Waals surface area contributed by atoms with Gasteiger partial charge in [-0.05, 0) is 116 Å². The number of amides is 1. The van der Waals surface area contributed by atoms with Crippen molar-refractivity contribution in [2.75, 3.05) is 6.61 Å². The molecule has 0 rings (SSSR count). The fourth-order valence-corrected chi connectivity index (χ4v) is 5.77. The normalized spacial score (nSPS) is 14.4. The maximum Gasteiger partial charge on any atom is 0.220 e. The summed E-state index contributed by atoms with van der Waals surface area (Å²) in [4.78, 5) is 12.3. The standard InChI is InChI=1S/C55H85NO3/c1-3-5-7-9-11-13-15-16-17-18-19-20-21-22-23-24-25-26-27-28-29-30-31-32-33-34-35-36-37-38-39-40-41-43-45-47-49-51-55(59)56-53(52-57)54(58)50-48-46-44-42-14-12-10-8-6-4-2/h5-8,11,13-14,16-17,19-20,22-23,25-26,28-29,31-32,34-35,37-38,42,48,50,53-54,57-58H,3-4,9-10,12,15,18,21,24,27,30,33,36,39-41,43-47,49,51-52H2,1-2H3,(H,56,59)/b7-5-,8-6+,13-11-,17-16-,20-19-,23-22-,26-25-,29-28-,32-31-,35-34-,38-37-,42-14+,50-48+. The van der Waals surface area contributed by atoms with Crippen molar-refractivity contribution >= 4 is 5.91 Å². The number of hydrogen-bond acceptors (Lipinski definition) is 3. The number of allylic oxidation sites excluding steroid dienone is 25. The third-order valence-electron chi connectivity index (χ3n) is 9.23. The minimum Gasteiger partial charge on any atom is -0.394 e. The van der Waals surface area contributed by atoms with Crippen molar-refractivity contribution in [3.63, 3.8) is 0 Å². The van der Waals surface area contributed by atoms with Crippen LogP contribution in [0.2, 0.25) is 0 Å². The predicted molar refractivity (Wildman–Crippen MR) is 261 cm³/mol. The Morgan fingerprint density at radius 2 is 0.712 bits per heavy atom. The highest BCUT2D eigenvalue weighted by molar-refractivity contribution is 5.76. The van der Waals surface area contributed by atoms with E-state index in [2.05, 4.69) is 165 Å². The van der Waals surface area contributed by atoms with E-state index in [0.29, 0.717) is 6.42 Å². The molecule has 4 nitrogen and oxygen atoms in total. The Balaban J connectivity index is 3.71. The number of carbonyl (C=O) groups excluding carboxylic acids is 1. The van der Waals surface area contributed by atoms with Crippen LogP contribution in [0.3, 0.4) is 0 Å². The van der Waals surface area contributed by atoms with Crippen LogP contribution in [-0.2, 0) is 4.79 Å². The maximum atomic E-state index is 12.3. The van der Waals surface area contributed by atoms with Crippen LogP contribution in [0, 0.1) is 0 Å². The topological polar surface area (TPSA) is 69.6 Å². The van der Waals surface area contributed by atoms with Crippen LogP contribution in [0.4, 0.5) is 0 Å². The fourth-order valence-electron chi connectivity index (χ4n) is 5.77. The van der Waals surface area contributed by atoms with E-state index in [-0.39, 0.29) is 12.5 Å². The highest BCUT2D eigenvalue weighted by atomic mass is 16.3. The van der Waals surface area contributed by atoms with Crippen LogP contribution >= 0.6 is 0 Å². The Morgan fingerprint density at radius 3 is 1.12 bits per heavy atom. The van der Waals surface area contributed by atoms with Crippen molar-refractivity contribution in [2.24, 2.45) is 0 Å². The lowest BCUT2D eigenvalue weighted by molar-refractivity contribution is -0.123. The summed E-state index contributed by atoms with van der Waals surface area (Å²) in [6.45, 7) is 4.02. The molecule has 2 atom stereocenters. The molecule has 0 bridgehead atoms. The lowest BCUT2D eigenvalue weighted by Gasteiger charge is -2.19. The molecule has 0 aliphatic carbocycles. The molecule has 0 spiro atoms. The fraction of sp³-hybridized carbons (Fsp3) is 0.509. The Kier molecular flexibility index (Phi) is 45.1. The zero-order chi connectivity index (χ0) is 42.8. The van der Waals surface area contributed by atoms with E-state index < -0.39 is 12.1 Å². The molecule has 0 aliphatic rings. The zero-order valence-electron chi connectivity index (χ0n) is 37.4. The lowest BCUT2D eigenvalue weighted by Crippen LogP contribution is -2.45. The quantitative estimate of drug-likeness (QED) is 0.0428. The second-order valence-electron chi connectivity index (χ2n) is 14.7. The van der Waals surface area contributed by atoms with E-state index in [0.717, 1.165) is 122 Å². The zero-order valence-corrected chi connectivity index (χ0v) is 37.4. The molecule has 59 heavy (non-hydrogen) atoms. The van der Waals surface area contributed by atoms with E-state index in [1.54, 1.807) is 6.08 Å². The van der Waals surface area contributed by atoms with Crippen LogP contribution < -0.4 is 5.32 Å². The van der Waals surface area contributed by atoms with Crippen molar-refractivity contribution in [1.82, 2.24) is 5.32 Å². The predicted octanol–water partition coefficient (Wildman–Crippen LogP) is 15.1. The van der Waals surface area contributed by atoms with Gasteiger partial charge in [-0.1, -0.05) is 198 Å². The number of unbranched alkanes of at least 4 members (excludes halogenated alkanes) is 8. The molecule has 1 amide bonds. The van der Waals surface area contributed by atoms with Gasteiger partial charge in [-0.2, -0.15) is 0 Å². The molecule has 0 aliphatic heterocycles. The molecule has 0 fully saturated rings. The summed E-state index contributed by atoms with van der Waals surface area (Å²) in [5.74, 6) is -0.104. The van der Waals surface area contributed by atoms with Crippen LogP contribution in [0.5, 0.6) is 0 Å². The second kappa shape index (κ2) is 48.4. The molecule has 0 radical (unpaired) electrons. The van der Waals surface area contributed by atoms with Gasteiger partial charge in [0.15, 0.2) is 0 Å². The summed E-state index contributed by atoms with van der Waals surface area (Å²) in [7, 11) is 0. The van der Waals surface area contributed by atoms with Crippen molar-refractivity contribution in [3.05, 3.63) is 158 Å². The summed E-state index contributed by atoms with van der Waals surface area (Å²) < 4.78 is 0. The Bertz CT molecular complexity index is 1330. The second-order valence-corrected chi connectivity index (χ2v) is 14.7.